The first-order valence-corrected chi connectivity index (χ1v) is 26.4. The van der Waals surface area contributed by atoms with Gasteiger partial charge in [0.1, 0.15) is 32.0 Å². The number of ether oxygens (including phenoxy) is 4. The Hall–Kier alpha value is -4.84. The molecule has 13 heteroatoms. The quantitative estimate of drug-likeness (QED) is 0.0191. The monoisotopic (exact) mass is 955 g/mol. The normalized spacial score (nSPS) is 15.9. The summed E-state index contributed by atoms with van der Waals surface area (Å²) >= 11 is 0. The van der Waals surface area contributed by atoms with Gasteiger partial charge in [-0.2, -0.15) is 0 Å². The first-order valence-electron chi connectivity index (χ1n) is 24.9. The van der Waals surface area contributed by atoms with E-state index in [-0.39, 0.29) is 65.0 Å². The fourth-order valence-electron chi connectivity index (χ4n) is 7.97. The molecule has 0 aromatic heterocycles. The van der Waals surface area contributed by atoms with E-state index in [0.717, 1.165) is 36.0 Å². The number of nitrogens with zero attached hydrogens (tertiary/aromatic N) is 1. The average Bonchev–Trinajstić information content (AvgIpc) is 3.79. The molecule has 1 unspecified atom stereocenters. The van der Waals surface area contributed by atoms with Gasteiger partial charge >= 0.3 is 25.9 Å². The van der Waals surface area contributed by atoms with Crippen LogP contribution in [0.15, 0.2) is 121 Å². The highest BCUT2D eigenvalue weighted by Gasteiger charge is 2.48. The molecule has 0 spiro atoms. The van der Waals surface area contributed by atoms with Crippen molar-refractivity contribution >= 4 is 25.9 Å². The van der Waals surface area contributed by atoms with Gasteiger partial charge in [0, 0.05) is 13.0 Å². The van der Waals surface area contributed by atoms with E-state index < -0.39 is 38.1 Å². The maximum atomic E-state index is 14.8. The molecule has 1 aliphatic heterocycles. The smallest absolute Gasteiger partial charge is 0.463 e. The number of hydrogen-bond acceptors (Lipinski definition) is 11. The lowest BCUT2D eigenvalue weighted by molar-refractivity contribution is -0.152. The number of carbonyl (C=O) groups excluding carboxylic acids is 3. The molecule has 12 nitrogen and oxygen atoms in total. The largest absolute Gasteiger partial charge is 0.475 e. The Kier molecular flexibility index (Phi) is 25.5. The van der Waals surface area contributed by atoms with Crippen molar-refractivity contribution < 1.29 is 51.5 Å². The highest BCUT2D eigenvalue weighted by atomic mass is 31.2. The molecule has 4 atom stereocenters. The van der Waals surface area contributed by atoms with E-state index >= 15 is 0 Å². The molecule has 0 N–H and O–H groups in total. The zero-order valence-electron chi connectivity index (χ0n) is 40.1. The molecule has 0 radical (unpaired) electrons. The van der Waals surface area contributed by atoms with Gasteiger partial charge < -0.3 is 18.9 Å². The summed E-state index contributed by atoms with van der Waals surface area (Å²) < 4.78 is 56.4. The number of phosphoric acid groups is 1. The van der Waals surface area contributed by atoms with Crippen LogP contribution in [0.5, 0.6) is 0 Å². The van der Waals surface area contributed by atoms with Crippen LogP contribution in [0.3, 0.4) is 0 Å². The molecule has 0 saturated carbocycles. The van der Waals surface area contributed by atoms with Gasteiger partial charge in [0.05, 0.1) is 19.8 Å². The molecule has 4 aromatic rings. The molecule has 1 amide bonds. The van der Waals surface area contributed by atoms with E-state index in [1.54, 1.807) is 12.1 Å². The predicted octanol–water partition coefficient (Wildman–Crippen LogP) is 13.3. The molecule has 5 rings (SSSR count). The van der Waals surface area contributed by atoms with Gasteiger partial charge in [-0.3, -0.25) is 23.3 Å². The minimum Gasteiger partial charge on any atom is -0.463 e. The standard InChI is InChI=1S/C55H74NO11P/c1-2-3-4-5-6-7-8-9-10-11-12-13-14-15-28-37-52(57)62-44-50(61-40-46-29-20-16-21-30-46)45-66-68(60,65-43-49-35-26-19-27-36-49)67-51-38-39-56(55(59)64-42-48-33-24-18-25-34-48)53(51)54(58)63-41-47-31-22-17-23-32-47/h16-27,29-36,50-51,53H,2-15,28,37-45H2,1H3/t50-,51-,53-,68?/m1/s1. The van der Waals surface area contributed by atoms with Gasteiger partial charge in [-0.15, -0.1) is 0 Å². The van der Waals surface area contributed by atoms with Gasteiger partial charge in [-0.25, -0.2) is 14.2 Å². The molecule has 68 heavy (non-hydrogen) atoms. The highest BCUT2D eigenvalue weighted by molar-refractivity contribution is 7.48. The Morgan fingerprint density at radius 3 is 1.51 bits per heavy atom. The SMILES string of the molecule is CCCCCCCCCCCCCCCCCC(=O)OC[C@H](COP(=O)(OCc1ccccc1)O[C@@H]1CCN(C(=O)OCc2ccccc2)[C@H]1C(=O)OCc1ccccc1)OCc1ccccc1. The number of amides is 1. The summed E-state index contributed by atoms with van der Waals surface area (Å²) in [5, 5.41) is 0. The second-order valence-electron chi connectivity index (χ2n) is 17.5. The first kappa shape index (κ1) is 54.1. The molecule has 4 aromatic carbocycles. The third kappa shape index (κ3) is 21.2. The number of benzene rings is 4. The van der Waals surface area contributed by atoms with Gasteiger partial charge in [0.2, 0.25) is 0 Å². The van der Waals surface area contributed by atoms with E-state index in [2.05, 4.69) is 6.92 Å². The Morgan fingerprint density at radius 1 is 0.544 bits per heavy atom. The number of unbranched alkanes of at least 4 members (excludes halogenated alkanes) is 14. The number of esters is 2. The zero-order chi connectivity index (χ0) is 47.9. The van der Waals surface area contributed by atoms with Crippen molar-refractivity contribution in [2.75, 3.05) is 19.8 Å². The second kappa shape index (κ2) is 32.1. The fraction of sp³-hybridized carbons (Fsp3) is 0.509. The molecular weight excluding hydrogens is 882 g/mol. The number of phosphoric ester groups is 1. The molecule has 0 aliphatic carbocycles. The van der Waals surface area contributed by atoms with E-state index in [9.17, 15) is 18.9 Å². The Balaban J connectivity index is 1.18. The predicted molar refractivity (Wildman–Crippen MR) is 263 cm³/mol. The van der Waals surface area contributed by atoms with E-state index in [1.165, 1.54) is 81.9 Å². The maximum absolute atomic E-state index is 14.8. The Bertz CT molecular complexity index is 2020. The molecule has 1 heterocycles. The lowest BCUT2D eigenvalue weighted by Gasteiger charge is -2.28. The van der Waals surface area contributed by atoms with Crippen molar-refractivity contribution in [1.29, 1.82) is 0 Å². The van der Waals surface area contributed by atoms with Crippen LogP contribution in [0.25, 0.3) is 0 Å². The van der Waals surface area contributed by atoms with E-state index in [4.69, 9.17) is 32.5 Å². The van der Waals surface area contributed by atoms with Crippen LogP contribution >= 0.6 is 7.82 Å². The highest BCUT2D eigenvalue weighted by Crippen LogP contribution is 2.53. The third-order valence-electron chi connectivity index (χ3n) is 11.9. The van der Waals surface area contributed by atoms with Crippen molar-refractivity contribution in [3.8, 4) is 0 Å². The number of carbonyl (C=O) groups is 3. The number of rotatable bonds is 34. The molecule has 1 aliphatic rings. The first-order chi connectivity index (χ1) is 33.3. The summed E-state index contributed by atoms with van der Waals surface area (Å²) in [7, 11) is -4.56. The maximum Gasteiger partial charge on any atom is 0.475 e. The lowest BCUT2D eigenvalue weighted by atomic mass is 10.0. The van der Waals surface area contributed by atoms with Gasteiger partial charge in [-0.05, 0) is 35.1 Å². The fourth-order valence-corrected chi connectivity index (χ4v) is 9.38. The summed E-state index contributed by atoms with van der Waals surface area (Å²) in [6.45, 7) is 1.72. The number of likely N-dealkylation sites (tertiary alicyclic amines) is 1. The summed E-state index contributed by atoms with van der Waals surface area (Å²) in [5.74, 6) is -1.12. The van der Waals surface area contributed by atoms with Crippen LogP contribution in [0.1, 0.15) is 138 Å². The van der Waals surface area contributed by atoms with Crippen molar-refractivity contribution in [3.63, 3.8) is 0 Å². The van der Waals surface area contributed by atoms with Crippen LogP contribution in [0.2, 0.25) is 0 Å². The van der Waals surface area contributed by atoms with Crippen LogP contribution in [0, 0.1) is 0 Å². The summed E-state index contributed by atoms with van der Waals surface area (Å²) in [5.41, 5.74) is 3.08. The third-order valence-corrected chi connectivity index (χ3v) is 13.3. The van der Waals surface area contributed by atoms with Crippen LogP contribution < -0.4 is 0 Å². The Morgan fingerprint density at radius 2 is 1.00 bits per heavy atom. The van der Waals surface area contributed by atoms with Crippen molar-refractivity contribution in [1.82, 2.24) is 4.90 Å². The molecule has 0 bridgehead atoms. The van der Waals surface area contributed by atoms with Gasteiger partial charge in [0.25, 0.3) is 0 Å². The Labute approximate surface area is 404 Å². The minimum atomic E-state index is -4.56. The van der Waals surface area contributed by atoms with Crippen LogP contribution in [-0.2, 0) is 73.1 Å². The van der Waals surface area contributed by atoms with E-state index in [0.29, 0.717) is 5.56 Å². The van der Waals surface area contributed by atoms with Gasteiger partial charge in [-0.1, -0.05) is 218 Å². The van der Waals surface area contributed by atoms with Crippen molar-refractivity contribution in [2.45, 2.75) is 161 Å². The molecule has 1 saturated heterocycles. The summed E-state index contributed by atoms with van der Waals surface area (Å²) in [4.78, 5) is 41.8. The van der Waals surface area contributed by atoms with Crippen LogP contribution in [-0.4, -0.2) is 60.9 Å². The molecule has 1 fully saturated rings. The van der Waals surface area contributed by atoms with Gasteiger partial charge in [0.15, 0.2) is 6.04 Å². The molecular formula is C55H74NO11P. The zero-order valence-corrected chi connectivity index (χ0v) is 41.0. The van der Waals surface area contributed by atoms with Crippen molar-refractivity contribution in [3.05, 3.63) is 144 Å². The minimum absolute atomic E-state index is 0.0241. The van der Waals surface area contributed by atoms with Crippen molar-refractivity contribution in [2.24, 2.45) is 0 Å². The summed E-state index contributed by atoms with van der Waals surface area (Å²) in [6.07, 6.45) is 16.1. The van der Waals surface area contributed by atoms with Crippen LogP contribution in [0.4, 0.5) is 4.79 Å². The topological polar surface area (TPSA) is 136 Å². The average molecular weight is 956 g/mol. The molecule has 370 valence electrons. The van der Waals surface area contributed by atoms with E-state index in [1.807, 2.05) is 109 Å². The summed E-state index contributed by atoms with van der Waals surface area (Å²) in [6, 6.07) is 35.6. The number of hydrogen-bond donors (Lipinski definition) is 0. The second-order valence-corrected chi connectivity index (χ2v) is 19.1. The lowest BCUT2D eigenvalue weighted by Crippen LogP contribution is -2.46.